The molecule has 2 heterocycles. The van der Waals surface area contributed by atoms with Crippen molar-refractivity contribution in [2.24, 2.45) is 0 Å². The van der Waals surface area contributed by atoms with E-state index in [1.807, 2.05) is 19.4 Å². The van der Waals surface area contributed by atoms with E-state index in [1.54, 1.807) is 6.07 Å². The van der Waals surface area contributed by atoms with Crippen molar-refractivity contribution in [1.29, 1.82) is 0 Å². The number of methoxy groups -OCH3 is 1. The van der Waals surface area contributed by atoms with Crippen LogP contribution in [0.1, 0.15) is 47.8 Å². The predicted molar refractivity (Wildman–Crippen MR) is 93.5 cm³/mol. The molecule has 0 radical (unpaired) electrons. The van der Waals surface area contributed by atoms with E-state index in [2.05, 4.69) is 21.6 Å². The Kier molecular flexibility index (Phi) is 7.08. The van der Waals surface area contributed by atoms with Crippen LogP contribution in [0, 0.1) is 6.42 Å². The Morgan fingerprint density at radius 1 is 1.40 bits per heavy atom. The molecule has 25 heavy (non-hydrogen) atoms. The van der Waals surface area contributed by atoms with Crippen molar-refractivity contribution in [3.8, 4) is 0 Å². The number of esters is 1. The number of H-pyrrole nitrogens is 1. The molecular weight excluding hydrogens is 390 g/mol. The molecule has 2 N–H and O–H groups in total. The SMILES string of the molecule is C=C1NCCC/C1=C1\C[CH-]c2cc(C(=O)OC)c(=O)[nH]c2\C1=C\C.[Rb+]. The number of carbonyl (C=O) groups excluding carboxylic acids is 1. The van der Waals surface area contributed by atoms with Crippen molar-refractivity contribution in [2.45, 2.75) is 26.2 Å². The van der Waals surface area contributed by atoms with Gasteiger partial charge in [-0.2, -0.15) is 12.0 Å². The summed E-state index contributed by atoms with van der Waals surface area (Å²) in [6.07, 6.45) is 6.83. The minimum atomic E-state index is -0.622. The molecule has 0 spiro atoms. The number of ether oxygens (including phenoxy) is 1. The number of allylic oxidation sites excluding steroid dienone is 4. The third-order valence-electron chi connectivity index (χ3n) is 4.56. The molecule has 1 aromatic heterocycles. The van der Waals surface area contributed by atoms with Crippen LogP contribution in [0.15, 0.2) is 40.4 Å². The molecule has 1 saturated heterocycles. The molecule has 1 fully saturated rings. The summed E-state index contributed by atoms with van der Waals surface area (Å²) in [7, 11) is 1.27. The van der Waals surface area contributed by atoms with Gasteiger partial charge in [0.05, 0.1) is 12.7 Å². The molecule has 0 atom stereocenters. The number of rotatable bonds is 1. The predicted octanol–water partition coefficient (Wildman–Crippen LogP) is -0.281. The van der Waals surface area contributed by atoms with Gasteiger partial charge in [0.1, 0.15) is 0 Å². The van der Waals surface area contributed by atoms with E-state index in [4.69, 9.17) is 0 Å². The fraction of sp³-hybridized carbons (Fsp3) is 0.316. The zero-order valence-corrected chi connectivity index (χ0v) is 19.9. The fourth-order valence-electron chi connectivity index (χ4n) is 3.36. The average Bonchev–Trinajstić information content (AvgIpc) is 2.60. The van der Waals surface area contributed by atoms with Crippen LogP contribution in [0.5, 0.6) is 0 Å². The van der Waals surface area contributed by atoms with Gasteiger partial charge < -0.3 is 15.0 Å². The van der Waals surface area contributed by atoms with Gasteiger partial charge in [-0.25, -0.2) is 4.79 Å². The molecule has 0 amide bonds. The quantitative estimate of drug-likeness (QED) is 0.493. The smallest absolute Gasteiger partial charge is 0.466 e. The van der Waals surface area contributed by atoms with E-state index in [-0.39, 0.29) is 63.8 Å². The molecule has 126 valence electrons. The number of piperidine rings is 1. The van der Waals surface area contributed by atoms with Gasteiger partial charge in [0.25, 0.3) is 0 Å². The third-order valence-corrected chi connectivity index (χ3v) is 4.56. The first-order valence-corrected chi connectivity index (χ1v) is 8.08. The van der Waals surface area contributed by atoms with Gasteiger partial charge in [-0.05, 0) is 25.3 Å². The third kappa shape index (κ3) is 3.94. The topological polar surface area (TPSA) is 71.2 Å². The number of carbonyl (C=O) groups is 1. The van der Waals surface area contributed by atoms with Crippen LogP contribution in [0.2, 0.25) is 0 Å². The van der Waals surface area contributed by atoms with Crippen molar-refractivity contribution < 1.29 is 67.7 Å². The van der Waals surface area contributed by atoms with Gasteiger partial charge >= 0.3 is 64.2 Å². The first kappa shape index (κ1) is 20.4. The fourth-order valence-corrected chi connectivity index (χ4v) is 3.36. The van der Waals surface area contributed by atoms with Crippen molar-refractivity contribution in [3.63, 3.8) is 0 Å². The van der Waals surface area contributed by atoms with Crippen LogP contribution in [0.4, 0.5) is 0 Å². The zero-order valence-electron chi connectivity index (χ0n) is 15.0. The summed E-state index contributed by atoms with van der Waals surface area (Å²) >= 11 is 0. The summed E-state index contributed by atoms with van der Waals surface area (Å²) in [4.78, 5) is 26.8. The first-order chi connectivity index (χ1) is 11.6. The van der Waals surface area contributed by atoms with Crippen LogP contribution in [-0.4, -0.2) is 24.6 Å². The van der Waals surface area contributed by atoms with Crippen LogP contribution >= 0.6 is 0 Å². The first-order valence-electron chi connectivity index (χ1n) is 8.08. The van der Waals surface area contributed by atoms with Gasteiger partial charge in [-0.1, -0.05) is 35.9 Å². The summed E-state index contributed by atoms with van der Waals surface area (Å²) in [5.74, 6) is -0.622. The Labute approximate surface area is 196 Å². The van der Waals surface area contributed by atoms with Gasteiger partial charge in [0, 0.05) is 12.2 Å². The van der Waals surface area contributed by atoms with E-state index in [0.29, 0.717) is 0 Å². The Morgan fingerprint density at radius 2 is 2.16 bits per heavy atom. The van der Waals surface area contributed by atoms with Crippen molar-refractivity contribution in [2.75, 3.05) is 13.7 Å². The summed E-state index contributed by atoms with van der Waals surface area (Å²) < 4.78 is 4.68. The monoisotopic (exact) mass is 410 g/mol. The van der Waals surface area contributed by atoms with Gasteiger partial charge in [0.2, 0.25) is 5.56 Å². The number of pyridine rings is 1. The second-order valence-electron chi connectivity index (χ2n) is 5.91. The maximum absolute atomic E-state index is 12.3. The van der Waals surface area contributed by atoms with Crippen molar-refractivity contribution in [3.05, 3.63) is 69.2 Å². The van der Waals surface area contributed by atoms with Crippen LogP contribution < -0.4 is 69.1 Å². The number of hydrogen-bond donors (Lipinski definition) is 2. The molecule has 1 aromatic rings. The summed E-state index contributed by atoms with van der Waals surface area (Å²) in [6, 6.07) is 1.61. The number of hydrogen-bond acceptors (Lipinski definition) is 4. The summed E-state index contributed by atoms with van der Waals surface area (Å²) in [5.41, 5.74) is 5.56. The number of aromatic amines is 1. The van der Waals surface area contributed by atoms with Gasteiger partial charge in [-0.15, -0.1) is 6.07 Å². The van der Waals surface area contributed by atoms with Crippen molar-refractivity contribution >= 4 is 11.5 Å². The molecular formula is C19H21N2O3Rb. The second kappa shape index (κ2) is 8.67. The van der Waals surface area contributed by atoms with Gasteiger partial charge in [0.15, 0.2) is 0 Å². The summed E-state index contributed by atoms with van der Waals surface area (Å²) in [5, 5.41) is 3.31. The van der Waals surface area contributed by atoms with E-state index in [0.717, 1.165) is 48.3 Å². The summed E-state index contributed by atoms with van der Waals surface area (Å²) in [6.45, 7) is 7.02. The molecule has 5 nitrogen and oxygen atoms in total. The number of aromatic nitrogens is 1. The minimum Gasteiger partial charge on any atom is -0.466 e. The average molecular weight is 411 g/mol. The Balaban J connectivity index is 0.00000225. The standard InChI is InChI=1S/C19H21N2O3.Rb/c1-4-13-15(14-6-5-9-20-11(14)2)8-7-12-10-16(19(23)24-3)18(22)21-17(12)13;/h4,7,10,20H,2,5-6,8-9H2,1,3H3,(H,21,22);/q-1;+1/b13-4+,15-14-;. The minimum absolute atomic E-state index is 0. The van der Waals surface area contributed by atoms with E-state index < -0.39 is 11.5 Å². The largest absolute Gasteiger partial charge is 1.00 e. The maximum atomic E-state index is 12.3. The molecule has 0 bridgehead atoms. The van der Waals surface area contributed by atoms with E-state index >= 15 is 0 Å². The number of nitrogens with one attached hydrogen (secondary N) is 2. The Bertz CT molecular complexity index is 834. The van der Waals surface area contributed by atoms with Crippen LogP contribution in [0.3, 0.4) is 0 Å². The molecule has 0 aromatic carbocycles. The Hall–Kier alpha value is -0.885. The molecule has 3 rings (SSSR count). The van der Waals surface area contributed by atoms with E-state index in [9.17, 15) is 9.59 Å². The maximum Gasteiger partial charge on any atom is 1.00 e. The van der Waals surface area contributed by atoms with Crippen LogP contribution in [0.25, 0.3) is 5.57 Å². The van der Waals surface area contributed by atoms with Crippen LogP contribution in [-0.2, 0) is 4.74 Å². The zero-order chi connectivity index (χ0) is 17.3. The molecule has 2 aliphatic rings. The van der Waals surface area contributed by atoms with Crippen molar-refractivity contribution in [1.82, 2.24) is 10.3 Å². The normalized spacial score (nSPS) is 20.9. The molecule has 6 heteroatoms. The van der Waals surface area contributed by atoms with Gasteiger partial charge in [-0.3, -0.25) is 4.79 Å². The van der Waals surface area contributed by atoms with E-state index in [1.165, 1.54) is 18.3 Å². The molecule has 0 saturated carbocycles. The second-order valence-corrected chi connectivity index (χ2v) is 5.91. The molecule has 1 aliphatic heterocycles. The molecule has 0 unspecified atom stereocenters. The Morgan fingerprint density at radius 3 is 2.80 bits per heavy atom. The number of fused-ring (bicyclic) bond motifs is 1. The molecule has 1 aliphatic carbocycles.